The van der Waals surface area contributed by atoms with Gasteiger partial charge < -0.3 is 0 Å². The molecule has 0 aliphatic carbocycles. The van der Waals surface area contributed by atoms with Crippen LogP contribution < -0.4 is 0 Å². The molecule has 19 heavy (non-hydrogen) atoms. The van der Waals surface area contributed by atoms with Crippen LogP contribution in [0, 0.1) is 5.82 Å². The van der Waals surface area contributed by atoms with Crippen LogP contribution >= 0.6 is 27.7 Å². The van der Waals surface area contributed by atoms with Gasteiger partial charge in [-0.05, 0) is 51.8 Å². The highest BCUT2D eigenvalue weighted by Gasteiger charge is 2.25. The van der Waals surface area contributed by atoms with Gasteiger partial charge in [-0.3, -0.25) is 4.79 Å². The molecule has 2 aromatic rings. The number of allylic oxidation sites excluding steroid dienone is 1. The minimum Gasteiger partial charge on any atom is -0.288 e. The van der Waals surface area contributed by atoms with Gasteiger partial charge in [0.1, 0.15) is 5.82 Å². The van der Waals surface area contributed by atoms with Gasteiger partial charge in [0.05, 0.1) is 9.38 Å². The molecule has 0 saturated carbocycles. The highest BCUT2D eigenvalue weighted by molar-refractivity contribution is 9.10. The molecular weight excluding hydrogens is 327 g/mol. The second kappa shape index (κ2) is 4.94. The molecule has 1 nitrogen and oxygen atoms in total. The van der Waals surface area contributed by atoms with Crippen LogP contribution in [0.3, 0.4) is 0 Å². The summed E-state index contributed by atoms with van der Waals surface area (Å²) in [5.74, 6) is -0.281. The minimum absolute atomic E-state index is 0.0287. The molecule has 0 bridgehead atoms. The van der Waals surface area contributed by atoms with E-state index < -0.39 is 0 Å². The quantitative estimate of drug-likeness (QED) is 0.688. The van der Waals surface area contributed by atoms with Crippen LogP contribution in [0.25, 0.3) is 6.08 Å². The van der Waals surface area contributed by atoms with E-state index in [9.17, 15) is 9.18 Å². The lowest BCUT2D eigenvalue weighted by Crippen LogP contribution is -1.93. The summed E-state index contributed by atoms with van der Waals surface area (Å²) in [4.78, 5) is 13.8. The smallest absolute Gasteiger partial charge is 0.200 e. The summed E-state index contributed by atoms with van der Waals surface area (Å²) < 4.78 is 13.6. The van der Waals surface area contributed by atoms with Crippen LogP contribution in [-0.2, 0) is 0 Å². The van der Waals surface area contributed by atoms with Gasteiger partial charge in [0.25, 0.3) is 0 Å². The van der Waals surface area contributed by atoms with Gasteiger partial charge in [-0.1, -0.05) is 30.0 Å². The van der Waals surface area contributed by atoms with Crippen molar-refractivity contribution in [1.29, 1.82) is 0 Å². The first-order chi connectivity index (χ1) is 9.15. The molecule has 0 fully saturated rings. The molecule has 4 heteroatoms. The van der Waals surface area contributed by atoms with Crippen molar-refractivity contribution in [2.75, 3.05) is 0 Å². The molecule has 0 saturated heterocycles. The normalized spacial score (nSPS) is 15.9. The lowest BCUT2D eigenvalue weighted by atomic mass is 10.1. The molecule has 1 aliphatic heterocycles. The summed E-state index contributed by atoms with van der Waals surface area (Å²) in [6.45, 7) is 0. The lowest BCUT2D eigenvalue weighted by Gasteiger charge is -1.98. The van der Waals surface area contributed by atoms with Crippen molar-refractivity contribution in [1.82, 2.24) is 0 Å². The van der Waals surface area contributed by atoms with Crippen LogP contribution in [0.1, 0.15) is 15.9 Å². The number of ketones is 1. The largest absolute Gasteiger partial charge is 0.288 e. The third-order valence-corrected chi connectivity index (χ3v) is 4.52. The van der Waals surface area contributed by atoms with Crippen molar-refractivity contribution < 1.29 is 9.18 Å². The fraction of sp³-hybridized carbons (Fsp3) is 0. The number of Topliss-reactive ketones (excluding diaryl/α,β-unsaturated/α-hetero) is 1. The van der Waals surface area contributed by atoms with Gasteiger partial charge in [0, 0.05) is 10.5 Å². The monoisotopic (exact) mass is 334 g/mol. The van der Waals surface area contributed by atoms with E-state index in [0.29, 0.717) is 9.38 Å². The number of carbonyl (C=O) groups excluding carboxylic acids is 1. The Bertz CT molecular complexity index is 709. The number of benzene rings is 2. The van der Waals surface area contributed by atoms with Crippen LogP contribution in [-0.4, -0.2) is 5.78 Å². The van der Waals surface area contributed by atoms with Crippen LogP contribution in [0.2, 0.25) is 0 Å². The van der Waals surface area contributed by atoms with Gasteiger partial charge in [0.2, 0.25) is 5.78 Å². The first-order valence-electron chi connectivity index (χ1n) is 5.63. The summed E-state index contributed by atoms with van der Waals surface area (Å²) in [5, 5.41) is 0. The van der Waals surface area contributed by atoms with E-state index >= 15 is 0 Å². The van der Waals surface area contributed by atoms with E-state index in [4.69, 9.17) is 0 Å². The predicted octanol–water partition coefficient (Wildman–Crippen LogP) is 4.92. The average Bonchev–Trinajstić information content (AvgIpc) is 2.72. The van der Waals surface area contributed by atoms with E-state index in [0.717, 1.165) is 16.0 Å². The van der Waals surface area contributed by atoms with Crippen LogP contribution in [0.15, 0.2) is 56.7 Å². The number of carbonyl (C=O) groups is 1. The molecule has 3 rings (SSSR count). The van der Waals surface area contributed by atoms with Crippen molar-refractivity contribution in [3.8, 4) is 0 Å². The molecule has 0 N–H and O–H groups in total. The van der Waals surface area contributed by atoms with Crippen molar-refractivity contribution in [3.05, 3.63) is 68.8 Å². The first kappa shape index (κ1) is 12.6. The Kier molecular flexibility index (Phi) is 3.29. The molecular formula is C15H8BrFOS. The van der Waals surface area contributed by atoms with E-state index in [-0.39, 0.29) is 11.6 Å². The fourth-order valence-electron chi connectivity index (χ4n) is 1.89. The van der Waals surface area contributed by atoms with E-state index in [1.165, 1.54) is 17.8 Å². The predicted molar refractivity (Wildman–Crippen MR) is 78.7 cm³/mol. The van der Waals surface area contributed by atoms with Crippen LogP contribution in [0.5, 0.6) is 0 Å². The van der Waals surface area contributed by atoms with Crippen molar-refractivity contribution in [2.24, 2.45) is 0 Å². The highest BCUT2D eigenvalue weighted by Crippen LogP contribution is 2.40. The molecule has 0 aromatic heterocycles. The number of halogens is 2. The number of hydrogen-bond donors (Lipinski definition) is 0. The Labute approximate surface area is 122 Å². The summed E-state index contributed by atoms with van der Waals surface area (Å²) in [6.07, 6.45) is 1.79. The zero-order valence-electron chi connectivity index (χ0n) is 9.69. The van der Waals surface area contributed by atoms with Crippen molar-refractivity contribution in [3.63, 3.8) is 0 Å². The Morgan fingerprint density at radius 3 is 2.68 bits per heavy atom. The number of rotatable bonds is 1. The van der Waals surface area contributed by atoms with Gasteiger partial charge in [-0.25, -0.2) is 4.39 Å². The molecule has 0 unspecified atom stereocenters. The number of thioether (sulfide) groups is 1. The molecule has 0 amide bonds. The molecule has 94 valence electrons. The average molecular weight is 335 g/mol. The maximum Gasteiger partial charge on any atom is 0.200 e. The third kappa shape index (κ3) is 2.38. The van der Waals surface area contributed by atoms with Gasteiger partial charge in [-0.2, -0.15) is 0 Å². The molecule has 1 aliphatic rings. The zero-order chi connectivity index (χ0) is 13.4. The van der Waals surface area contributed by atoms with Gasteiger partial charge >= 0.3 is 0 Å². The second-order valence-electron chi connectivity index (χ2n) is 4.11. The Hall–Kier alpha value is -1.39. The highest BCUT2D eigenvalue weighted by atomic mass is 79.9. The van der Waals surface area contributed by atoms with Gasteiger partial charge in [0.15, 0.2) is 0 Å². The molecule has 0 atom stereocenters. The van der Waals surface area contributed by atoms with Crippen molar-refractivity contribution >= 4 is 39.6 Å². The molecule has 2 aromatic carbocycles. The standard InChI is InChI=1S/C15H8BrFOS/c16-11-7-9(5-6-12(11)17)8-14-15(18)10-3-1-2-4-13(10)19-14/h1-8H/b14-8-. The Morgan fingerprint density at radius 1 is 1.16 bits per heavy atom. The fourth-order valence-corrected chi connectivity index (χ4v) is 3.34. The third-order valence-electron chi connectivity index (χ3n) is 2.82. The topological polar surface area (TPSA) is 17.1 Å². The second-order valence-corrected chi connectivity index (χ2v) is 6.05. The lowest BCUT2D eigenvalue weighted by molar-refractivity contribution is 0.104. The Balaban J connectivity index is 1.98. The van der Waals surface area contributed by atoms with Crippen LogP contribution in [0.4, 0.5) is 4.39 Å². The van der Waals surface area contributed by atoms with E-state index in [1.54, 1.807) is 18.2 Å². The summed E-state index contributed by atoms with van der Waals surface area (Å²) in [6, 6.07) is 12.2. The maximum absolute atomic E-state index is 13.2. The maximum atomic E-state index is 13.2. The van der Waals surface area contributed by atoms with E-state index in [2.05, 4.69) is 15.9 Å². The zero-order valence-corrected chi connectivity index (χ0v) is 12.1. The molecule has 0 spiro atoms. The summed E-state index contributed by atoms with van der Waals surface area (Å²) >= 11 is 4.59. The van der Waals surface area contributed by atoms with Crippen molar-refractivity contribution in [2.45, 2.75) is 4.90 Å². The molecule has 0 radical (unpaired) electrons. The number of fused-ring (bicyclic) bond motifs is 1. The summed E-state index contributed by atoms with van der Waals surface area (Å²) in [7, 11) is 0. The van der Waals surface area contributed by atoms with Gasteiger partial charge in [-0.15, -0.1) is 0 Å². The first-order valence-corrected chi connectivity index (χ1v) is 7.24. The SMILES string of the molecule is O=C1/C(=C/c2ccc(F)c(Br)c2)Sc2ccccc21. The Morgan fingerprint density at radius 2 is 1.95 bits per heavy atom. The summed E-state index contributed by atoms with van der Waals surface area (Å²) in [5.41, 5.74) is 1.54. The molecule has 1 heterocycles. The minimum atomic E-state index is -0.309. The number of hydrogen-bond acceptors (Lipinski definition) is 2. The van der Waals surface area contributed by atoms with E-state index in [1.807, 2.05) is 24.3 Å².